The van der Waals surface area contributed by atoms with Crippen LogP contribution in [0.25, 0.3) is 0 Å². The van der Waals surface area contributed by atoms with Crippen molar-refractivity contribution in [3.63, 3.8) is 0 Å². The maximum atomic E-state index is 10.9. The highest BCUT2D eigenvalue weighted by atomic mass is 16.1. The molecule has 0 aliphatic heterocycles. The first-order chi connectivity index (χ1) is 8.03. The van der Waals surface area contributed by atoms with Crippen molar-refractivity contribution in [2.24, 2.45) is 17.1 Å². The predicted octanol–water partition coefficient (Wildman–Crippen LogP) is 2.03. The van der Waals surface area contributed by atoms with Crippen molar-refractivity contribution in [2.45, 2.75) is 26.7 Å². The Labute approximate surface area is 102 Å². The largest absolute Gasteiger partial charge is 0.370 e. The van der Waals surface area contributed by atoms with Gasteiger partial charge in [0.1, 0.15) is 5.82 Å². The Bertz CT molecular complexity index is 407. The smallest absolute Gasteiger partial charge is 0.250 e. The fourth-order valence-electron chi connectivity index (χ4n) is 2.03. The third-order valence-corrected chi connectivity index (χ3v) is 3.79. The summed E-state index contributed by atoms with van der Waals surface area (Å²) in [4.78, 5) is 15.1. The van der Waals surface area contributed by atoms with Crippen molar-refractivity contribution >= 4 is 11.7 Å². The van der Waals surface area contributed by atoms with Crippen molar-refractivity contribution in [1.29, 1.82) is 0 Å². The van der Waals surface area contributed by atoms with E-state index in [-0.39, 0.29) is 0 Å². The van der Waals surface area contributed by atoms with Crippen LogP contribution in [0.1, 0.15) is 37.0 Å². The van der Waals surface area contributed by atoms with Gasteiger partial charge in [-0.25, -0.2) is 4.98 Å². The molecule has 1 aliphatic carbocycles. The summed E-state index contributed by atoms with van der Waals surface area (Å²) in [6.07, 6.45) is 4.09. The van der Waals surface area contributed by atoms with Crippen LogP contribution in [-0.4, -0.2) is 17.4 Å². The number of hydrogen-bond donors (Lipinski definition) is 2. The van der Waals surface area contributed by atoms with Crippen molar-refractivity contribution in [3.05, 3.63) is 23.9 Å². The van der Waals surface area contributed by atoms with Crippen LogP contribution in [0.15, 0.2) is 18.3 Å². The normalized spacial score (nSPS) is 16.9. The van der Waals surface area contributed by atoms with Crippen molar-refractivity contribution < 1.29 is 4.79 Å². The molecule has 17 heavy (non-hydrogen) atoms. The molecule has 1 saturated carbocycles. The van der Waals surface area contributed by atoms with Crippen molar-refractivity contribution in [2.75, 3.05) is 11.9 Å². The highest BCUT2D eigenvalue weighted by Gasteiger charge is 2.44. The second-order valence-corrected chi connectivity index (χ2v) is 5.17. The van der Waals surface area contributed by atoms with E-state index in [0.29, 0.717) is 16.9 Å². The van der Waals surface area contributed by atoms with Crippen LogP contribution in [-0.2, 0) is 0 Å². The summed E-state index contributed by atoms with van der Waals surface area (Å²) < 4.78 is 0. The zero-order valence-electron chi connectivity index (χ0n) is 10.4. The molecule has 1 amide bonds. The summed E-state index contributed by atoms with van der Waals surface area (Å²) >= 11 is 0. The molecule has 0 radical (unpaired) electrons. The number of hydrogen-bond acceptors (Lipinski definition) is 3. The fraction of sp³-hybridized carbons (Fsp3) is 0.538. The number of nitrogens with two attached hydrogens (primary N) is 1. The van der Waals surface area contributed by atoms with Crippen LogP contribution in [0, 0.1) is 11.3 Å². The quantitative estimate of drug-likeness (QED) is 0.817. The van der Waals surface area contributed by atoms with Crippen molar-refractivity contribution in [3.8, 4) is 0 Å². The number of amides is 1. The van der Waals surface area contributed by atoms with E-state index in [0.717, 1.165) is 12.4 Å². The number of pyridine rings is 1. The van der Waals surface area contributed by atoms with Gasteiger partial charge in [0.2, 0.25) is 5.91 Å². The summed E-state index contributed by atoms with van der Waals surface area (Å²) in [7, 11) is 0. The average Bonchev–Trinajstić information content (AvgIpc) is 3.08. The molecule has 2 rings (SSSR count). The number of carbonyl (C=O) groups excluding carboxylic acids is 1. The van der Waals surface area contributed by atoms with Crippen LogP contribution < -0.4 is 11.1 Å². The Balaban J connectivity index is 1.94. The topological polar surface area (TPSA) is 68.0 Å². The van der Waals surface area contributed by atoms with Gasteiger partial charge >= 0.3 is 0 Å². The van der Waals surface area contributed by atoms with Gasteiger partial charge in [-0.2, -0.15) is 0 Å². The minimum atomic E-state index is -0.440. The molecule has 0 spiro atoms. The molecule has 1 heterocycles. The van der Waals surface area contributed by atoms with Gasteiger partial charge < -0.3 is 11.1 Å². The first-order valence-electron chi connectivity index (χ1n) is 6.03. The molecule has 1 aromatic heterocycles. The van der Waals surface area contributed by atoms with E-state index in [9.17, 15) is 4.79 Å². The summed E-state index contributed by atoms with van der Waals surface area (Å²) in [5.74, 6) is 1.06. The zero-order chi connectivity index (χ0) is 12.5. The van der Waals surface area contributed by atoms with Crippen LogP contribution in [0.5, 0.6) is 0 Å². The molecule has 4 heteroatoms. The Hall–Kier alpha value is -1.58. The first-order valence-corrected chi connectivity index (χ1v) is 6.03. The predicted molar refractivity (Wildman–Crippen MR) is 67.7 cm³/mol. The molecule has 4 nitrogen and oxygen atoms in total. The first kappa shape index (κ1) is 11.9. The van der Waals surface area contributed by atoms with Gasteiger partial charge in [0, 0.05) is 12.7 Å². The summed E-state index contributed by atoms with van der Waals surface area (Å²) in [5.41, 5.74) is 6.05. The lowest BCUT2D eigenvalue weighted by Gasteiger charge is -2.20. The maximum Gasteiger partial charge on any atom is 0.250 e. The van der Waals surface area contributed by atoms with E-state index in [1.54, 1.807) is 12.1 Å². The Morgan fingerprint density at radius 2 is 2.24 bits per heavy atom. The Kier molecular flexibility index (Phi) is 3.05. The minimum absolute atomic E-state index is 0.440. The van der Waals surface area contributed by atoms with Crippen molar-refractivity contribution in [1.82, 2.24) is 4.98 Å². The van der Waals surface area contributed by atoms with E-state index in [4.69, 9.17) is 5.73 Å². The van der Waals surface area contributed by atoms with E-state index in [1.165, 1.54) is 19.0 Å². The number of carbonyl (C=O) groups is 1. The number of primary amides is 1. The molecule has 1 aliphatic rings. The maximum absolute atomic E-state index is 10.9. The lowest BCUT2D eigenvalue weighted by atomic mass is 9.92. The standard InChI is InChI=1S/C13H19N3O/c1-9(2)13(5-6-13)8-16-11-4-3-10(7-15-11)12(14)17/h3-4,7,9H,5-6,8H2,1-2H3,(H2,14,17)(H,15,16). The van der Waals surface area contributed by atoms with Gasteiger partial charge in [0.05, 0.1) is 5.56 Å². The van der Waals surface area contributed by atoms with Gasteiger partial charge in [-0.15, -0.1) is 0 Å². The molecule has 92 valence electrons. The number of nitrogens with zero attached hydrogens (tertiary/aromatic N) is 1. The van der Waals surface area contributed by atoms with Gasteiger partial charge in [0.15, 0.2) is 0 Å². The third-order valence-electron chi connectivity index (χ3n) is 3.79. The van der Waals surface area contributed by atoms with E-state index in [2.05, 4.69) is 24.1 Å². The van der Waals surface area contributed by atoms with Gasteiger partial charge in [-0.3, -0.25) is 4.79 Å². The second kappa shape index (κ2) is 4.35. The SMILES string of the molecule is CC(C)C1(CNc2ccc(C(N)=O)cn2)CC1. The van der Waals surface area contributed by atoms with E-state index in [1.807, 2.05) is 0 Å². The number of anilines is 1. The molecule has 3 N–H and O–H groups in total. The molecule has 0 unspecified atom stereocenters. The molecule has 1 aromatic rings. The lowest BCUT2D eigenvalue weighted by Crippen LogP contribution is -2.21. The molecule has 0 aromatic carbocycles. The summed E-state index contributed by atoms with van der Waals surface area (Å²) in [6, 6.07) is 3.50. The minimum Gasteiger partial charge on any atom is -0.370 e. The summed E-state index contributed by atoms with van der Waals surface area (Å²) in [5, 5.41) is 3.33. The average molecular weight is 233 g/mol. The number of rotatable bonds is 5. The Morgan fingerprint density at radius 1 is 1.53 bits per heavy atom. The van der Waals surface area contributed by atoms with Gasteiger partial charge in [-0.1, -0.05) is 13.8 Å². The number of nitrogens with one attached hydrogen (secondary N) is 1. The highest BCUT2D eigenvalue weighted by molar-refractivity contribution is 5.92. The molecule has 0 saturated heterocycles. The van der Waals surface area contributed by atoms with Crippen LogP contribution >= 0.6 is 0 Å². The van der Waals surface area contributed by atoms with Crippen LogP contribution in [0.3, 0.4) is 0 Å². The van der Waals surface area contributed by atoms with E-state index >= 15 is 0 Å². The molecular formula is C13H19N3O. The third kappa shape index (κ3) is 2.57. The fourth-order valence-corrected chi connectivity index (χ4v) is 2.03. The summed E-state index contributed by atoms with van der Waals surface area (Å²) in [6.45, 7) is 5.48. The monoisotopic (exact) mass is 233 g/mol. The van der Waals surface area contributed by atoms with E-state index < -0.39 is 5.91 Å². The molecule has 0 atom stereocenters. The molecular weight excluding hydrogens is 214 g/mol. The highest BCUT2D eigenvalue weighted by Crippen LogP contribution is 2.51. The zero-order valence-corrected chi connectivity index (χ0v) is 10.4. The second-order valence-electron chi connectivity index (χ2n) is 5.17. The van der Waals surface area contributed by atoms with Gasteiger partial charge in [0.25, 0.3) is 0 Å². The Morgan fingerprint density at radius 3 is 2.65 bits per heavy atom. The molecule has 0 bridgehead atoms. The van der Waals surface area contributed by atoms with Crippen LogP contribution in [0.4, 0.5) is 5.82 Å². The van der Waals surface area contributed by atoms with Gasteiger partial charge in [-0.05, 0) is 36.3 Å². The van der Waals surface area contributed by atoms with Crippen LogP contribution in [0.2, 0.25) is 0 Å². The molecule has 1 fully saturated rings. The lowest BCUT2D eigenvalue weighted by molar-refractivity contribution is 0.1000. The number of aromatic nitrogens is 1.